The third-order valence-corrected chi connectivity index (χ3v) is 8.86. The minimum Gasteiger partial charge on any atom is -0.458 e. The monoisotopic (exact) mass is 549 g/mol. The Bertz CT molecular complexity index is 2410. The van der Waals surface area contributed by atoms with E-state index in [1.807, 2.05) is 0 Å². The molecule has 0 saturated heterocycles. The topological polar surface area (TPSA) is 26.0 Å². The van der Waals surface area contributed by atoms with E-state index in [9.17, 15) is 0 Å². The molecule has 0 saturated carbocycles. The van der Waals surface area contributed by atoms with Crippen molar-refractivity contribution in [3.63, 3.8) is 0 Å². The van der Waals surface area contributed by atoms with Crippen molar-refractivity contribution in [1.82, 2.24) is 4.98 Å². The Hall–Kier alpha value is -5.47. The maximum absolute atomic E-state index is 6.54. The number of aromatic nitrogens is 1. The summed E-state index contributed by atoms with van der Waals surface area (Å²) in [6.07, 6.45) is 6.40. The zero-order valence-electron chi connectivity index (χ0n) is 23.5. The molecule has 0 fully saturated rings. The number of hydrogen-bond acceptors (Lipinski definition) is 2. The van der Waals surface area contributed by atoms with Gasteiger partial charge in [-0.05, 0) is 80.6 Å². The summed E-state index contributed by atoms with van der Waals surface area (Å²) < 4.78 is 6.54. The highest BCUT2D eigenvalue weighted by atomic mass is 16.3. The largest absolute Gasteiger partial charge is 0.458 e. The first-order valence-corrected chi connectivity index (χ1v) is 14.9. The Kier molecular flexibility index (Phi) is 5.36. The molecule has 2 heterocycles. The minimum atomic E-state index is 0.882. The van der Waals surface area contributed by atoms with Crippen LogP contribution in [0.2, 0.25) is 0 Å². The van der Waals surface area contributed by atoms with E-state index in [4.69, 9.17) is 9.40 Å². The highest BCUT2D eigenvalue weighted by Crippen LogP contribution is 2.41. The van der Waals surface area contributed by atoms with E-state index >= 15 is 0 Å². The van der Waals surface area contributed by atoms with Crippen molar-refractivity contribution in [1.29, 1.82) is 0 Å². The fourth-order valence-corrected chi connectivity index (χ4v) is 6.67. The molecule has 0 atom stereocenters. The van der Waals surface area contributed by atoms with Crippen LogP contribution in [0, 0.1) is 0 Å². The van der Waals surface area contributed by atoms with Crippen LogP contribution in [0.3, 0.4) is 0 Å². The number of aryl methyl sites for hydroxylation is 1. The van der Waals surface area contributed by atoms with Gasteiger partial charge in [-0.25, -0.2) is 4.98 Å². The molecule has 9 rings (SSSR count). The average Bonchev–Trinajstić information content (AvgIpc) is 3.47. The molecule has 8 aromatic rings. The van der Waals surface area contributed by atoms with Crippen LogP contribution in [0.25, 0.3) is 83.0 Å². The summed E-state index contributed by atoms with van der Waals surface area (Å²) >= 11 is 0. The van der Waals surface area contributed by atoms with Gasteiger partial charge in [0.2, 0.25) is 0 Å². The van der Waals surface area contributed by atoms with Gasteiger partial charge in [0.15, 0.2) is 5.58 Å². The maximum Gasteiger partial charge on any atom is 0.161 e. The Labute approximate surface area is 249 Å². The SMILES string of the molecule is C1=Cc2c(oc3c(-c4cccc(-c5ccc6cc(-c7ccc8ccccc8c7)ccc6c5)c4)nc4ccccc4c23)CC1. The molecule has 0 amide bonds. The number of pyridine rings is 1. The van der Waals surface area contributed by atoms with E-state index in [0.717, 1.165) is 51.9 Å². The smallest absolute Gasteiger partial charge is 0.161 e. The molecule has 1 aliphatic carbocycles. The molecule has 0 radical (unpaired) electrons. The quantitative estimate of drug-likeness (QED) is 0.219. The van der Waals surface area contributed by atoms with Crippen molar-refractivity contribution in [2.45, 2.75) is 12.8 Å². The average molecular weight is 550 g/mol. The summed E-state index contributed by atoms with van der Waals surface area (Å²) in [5.41, 5.74) is 9.86. The summed E-state index contributed by atoms with van der Waals surface area (Å²) in [5, 5.41) is 7.31. The molecule has 2 aromatic heterocycles. The summed E-state index contributed by atoms with van der Waals surface area (Å²) in [4.78, 5) is 5.14. The van der Waals surface area contributed by atoms with E-state index in [2.05, 4.69) is 140 Å². The third kappa shape index (κ3) is 3.99. The second kappa shape index (κ2) is 9.54. The molecule has 43 heavy (non-hydrogen) atoms. The van der Waals surface area contributed by atoms with Crippen LogP contribution in [-0.2, 0) is 6.42 Å². The van der Waals surface area contributed by atoms with Gasteiger partial charge in [-0.1, -0.05) is 109 Å². The molecular weight excluding hydrogens is 522 g/mol. The third-order valence-electron chi connectivity index (χ3n) is 8.86. The van der Waals surface area contributed by atoms with Gasteiger partial charge in [0.25, 0.3) is 0 Å². The number of hydrogen-bond donors (Lipinski definition) is 0. The van der Waals surface area contributed by atoms with Crippen molar-refractivity contribution in [2.75, 3.05) is 0 Å². The standard InChI is InChI=1S/C41H27NO/c1-2-9-27-22-30(17-16-26(27)8-1)32-21-20-31-23-29(18-19-33(31)24-32)28-10-7-11-34(25-28)40-41-39(35-12-3-5-14-37(35)42-40)36-13-4-6-15-38(36)43-41/h1-5,7-14,16-25H,6,15H2. The fourth-order valence-electron chi connectivity index (χ4n) is 6.67. The minimum absolute atomic E-state index is 0.882. The number of para-hydroxylation sites is 1. The van der Waals surface area contributed by atoms with Crippen molar-refractivity contribution in [3.05, 3.63) is 145 Å². The predicted molar refractivity (Wildman–Crippen MR) is 180 cm³/mol. The number of benzene rings is 6. The van der Waals surface area contributed by atoms with Crippen LogP contribution in [0.1, 0.15) is 17.7 Å². The number of fused-ring (bicyclic) bond motifs is 7. The normalized spacial score (nSPS) is 12.8. The Morgan fingerprint density at radius 3 is 1.95 bits per heavy atom. The van der Waals surface area contributed by atoms with E-state index in [0.29, 0.717) is 0 Å². The molecule has 1 aliphatic rings. The zero-order chi connectivity index (χ0) is 28.3. The summed E-state index contributed by atoms with van der Waals surface area (Å²) in [6.45, 7) is 0. The number of rotatable bonds is 3. The van der Waals surface area contributed by atoms with E-state index < -0.39 is 0 Å². The lowest BCUT2D eigenvalue weighted by molar-refractivity contribution is 0.546. The first-order chi connectivity index (χ1) is 21.3. The highest BCUT2D eigenvalue weighted by Gasteiger charge is 2.21. The summed E-state index contributed by atoms with van der Waals surface area (Å²) in [7, 11) is 0. The van der Waals surface area contributed by atoms with Gasteiger partial charge in [-0.3, -0.25) is 0 Å². The van der Waals surface area contributed by atoms with Crippen LogP contribution in [0.5, 0.6) is 0 Å². The Balaban J connectivity index is 1.13. The molecule has 0 bridgehead atoms. The first kappa shape index (κ1) is 24.2. The van der Waals surface area contributed by atoms with E-state index in [1.165, 1.54) is 49.2 Å². The number of allylic oxidation sites excluding steroid dienone is 1. The van der Waals surface area contributed by atoms with Gasteiger partial charge in [0.05, 0.1) is 5.52 Å². The summed E-state index contributed by atoms with van der Waals surface area (Å²) in [5.74, 6) is 1.06. The van der Waals surface area contributed by atoms with Crippen molar-refractivity contribution in [2.24, 2.45) is 0 Å². The lowest BCUT2D eigenvalue weighted by atomic mass is 9.95. The van der Waals surface area contributed by atoms with Crippen LogP contribution in [-0.4, -0.2) is 4.98 Å². The molecule has 0 spiro atoms. The second-order valence-corrected chi connectivity index (χ2v) is 11.5. The molecule has 0 unspecified atom stereocenters. The van der Waals surface area contributed by atoms with Crippen molar-refractivity contribution >= 4 is 49.5 Å². The first-order valence-electron chi connectivity index (χ1n) is 14.9. The number of furan rings is 1. The van der Waals surface area contributed by atoms with Crippen LogP contribution >= 0.6 is 0 Å². The number of nitrogens with zero attached hydrogens (tertiary/aromatic N) is 1. The van der Waals surface area contributed by atoms with E-state index in [-0.39, 0.29) is 0 Å². The van der Waals surface area contributed by atoms with Gasteiger partial charge >= 0.3 is 0 Å². The fraction of sp³-hybridized carbons (Fsp3) is 0.0488. The van der Waals surface area contributed by atoms with Gasteiger partial charge in [-0.2, -0.15) is 0 Å². The zero-order valence-corrected chi connectivity index (χ0v) is 23.5. The molecule has 2 nitrogen and oxygen atoms in total. The predicted octanol–water partition coefficient (Wildman–Crippen LogP) is 11.2. The van der Waals surface area contributed by atoms with Gasteiger partial charge in [0, 0.05) is 28.3 Å². The van der Waals surface area contributed by atoms with Crippen LogP contribution in [0.15, 0.2) is 138 Å². The Morgan fingerprint density at radius 1 is 0.535 bits per heavy atom. The van der Waals surface area contributed by atoms with Gasteiger partial charge < -0.3 is 4.42 Å². The summed E-state index contributed by atoms with van der Waals surface area (Å²) in [6, 6.07) is 45.8. The van der Waals surface area contributed by atoms with Crippen molar-refractivity contribution < 1.29 is 4.42 Å². The molecule has 2 heteroatoms. The van der Waals surface area contributed by atoms with Crippen LogP contribution < -0.4 is 0 Å². The van der Waals surface area contributed by atoms with Crippen molar-refractivity contribution in [3.8, 4) is 33.5 Å². The van der Waals surface area contributed by atoms with Gasteiger partial charge in [0.1, 0.15) is 11.5 Å². The Morgan fingerprint density at radius 2 is 1.16 bits per heavy atom. The molecule has 0 N–H and O–H groups in total. The molecular formula is C41H27NO. The molecule has 0 aliphatic heterocycles. The lowest BCUT2D eigenvalue weighted by Crippen LogP contribution is -1.90. The molecule has 6 aromatic carbocycles. The van der Waals surface area contributed by atoms with Gasteiger partial charge in [-0.15, -0.1) is 0 Å². The lowest BCUT2D eigenvalue weighted by Gasteiger charge is -2.10. The molecule has 202 valence electrons. The highest BCUT2D eigenvalue weighted by molar-refractivity contribution is 6.13. The van der Waals surface area contributed by atoms with Crippen LogP contribution in [0.4, 0.5) is 0 Å². The van der Waals surface area contributed by atoms with E-state index in [1.54, 1.807) is 0 Å². The maximum atomic E-state index is 6.54. The second-order valence-electron chi connectivity index (χ2n) is 11.5.